The van der Waals surface area contributed by atoms with Crippen LogP contribution in [0.4, 0.5) is 0 Å². The lowest BCUT2D eigenvalue weighted by atomic mass is 9.61. The molecule has 2 aromatic carbocycles. The SMILES string of the molecule is O=C(O)C(=O)O.Oc1cccc([C@]23CCC[C@H]([C@@H]2O)N(C[C@@H]2C[C@@H]2c2ccccc2)CC3)c1. The van der Waals surface area contributed by atoms with Gasteiger partial charge in [0, 0.05) is 18.0 Å². The third-order valence-electron chi connectivity index (χ3n) is 7.59. The minimum Gasteiger partial charge on any atom is -0.508 e. The van der Waals surface area contributed by atoms with Gasteiger partial charge in [0.25, 0.3) is 0 Å². The van der Waals surface area contributed by atoms with Crippen LogP contribution in [0.2, 0.25) is 0 Å². The number of rotatable bonds is 4. The van der Waals surface area contributed by atoms with Crippen molar-refractivity contribution in [1.82, 2.24) is 4.90 Å². The molecule has 1 aliphatic heterocycles. The average molecular weight is 454 g/mol. The number of aliphatic carboxylic acids is 2. The number of nitrogens with zero attached hydrogens (tertiary/aromatic N) is 1. The topological polar surface area (TPSA) is 118 Å². The summed E-state index contributed by atoms with van der Waals surface area (Å²) in [6.45, 7) is 2.16. The zero-order valence-corrected chi connectivity index (χ0v) is 18.5. The monoisotopic (exact) mass is 453 g/mol. The van der Waals surface area contributed by atoms with Crippen molar-refractivity contribution in [2.75, 3.05) is 13.1 Å². The van der Waals surface area contributed by atoms with Gasteiger partial charge in [0.15, 0.2) is 0 Å². The molecule has 0 amide bonds. The molecule has 7 heteroatoms. The summed E-state index contributed by atoms with van der Waals surface area (Å²) < 4.78 is 0. The van der Waals surface area contributed by atoms with Crippen molar-refractivity contribution in [1.29, 1.82) is 0 Å². The van der Waals surface area contributed by atoms with E-state index in [-0.39, 0.29) is 17.6 Å². The van der Waals surface area contributed by atoms with Gasteiger partial charge in [-0.25, -0.2) is 9.59 Å². The number of carbonyl (C=O) groups is 2. The van der Waals surface area contributed by atoms with Crippen molar-refractivity contribution >= 4 is 11.9 Å². The second kappa shape index (κ2) is 9.53. The van der Waals surface area contributed by atoms with Crippen LogP contribution in [0, 0.1) is 5.92 Å². The quantitative estimate of drug-likeness (QED) is 0.525. The number of aliphatic hydroxyl groups excluding tert-OH is 1. The van der Waals surface area contributed by atoms with E-state index in [0.29, 0.717) is 11.7 Å². The molecule has 7 nitrogen and oxygen atoms in total. The highest BCUT2D eigenvalue weighted by atomic mass is 16.4. The Labute approximate surface area is 193 Å². The number of piperidine rings is 1. The van der Waals surface area contributed by atoms with Gasteiger partial charge < -0.3 is 20.4 Å². The number of phenolic OH excluding ortho intramolecular Hbond substituents is 1. The first-order valence-electron chi connectivity index (χ1n) is 11.5. The van der Waals surface area contributed by atoms with Gasteiger partial charge in [-0.2, -0.15) is 0 Å². The largest absolute Gasteiger partial charge is 0.508 e. The summed E-state index contributed by atoms with van der Waals surface area (Å²) in [5, 5.41) is 36.1. The fourth-order valence-electron chi connectivity index (χ4n) is 5.83. The highest BCUT2D eigenvalue weighted by molar-refractivity contribution is 6.27. The third kappa shape index (κ3) is 4.89. The van der Waals surface area contributed by atoms with Gasteiger partial charge in [0.05, 0.1) is 6.10 Å². The molecule has 2 aliphatic carbocycles. The van der Waals surface area contributed by atoms with Gasteiger partial charge in [-0.3, -0.25) is 4.90 Å². The van der Waals surface area contributed by atoms with Crippen LogP contribution in [0.15, 0.2) is 54.6 Å². The number of hydrogen-bond donors (Lipinski definition) is 4. The molecule has 0 aromatic heterocycles. The summed E-state index contributed by atoms with van der Waals surface area (Å²) in [6, 6.07) is 18.7. The Balaban J connectivity index is 0.000000385. The highest BCUT2D eigenvalue weighted by Gasteiger charge is 2.52. The van der Waals surface area contributed by atoms with Gasteiger partial charge in [-0.15, -0.1) is 0 Å². The molecule has 0 unspecified atom stereocenters. The number of aromatic hydroxyl groups is 1. The lowest BCUT2D eigenvalue weighted by Gasteiger charge is -2.54. The molecule has 1 heterocycles. The molecular formula is C26H31NO6. The van der Waals surface area contributed by atoms with Crippen LogP contribution in [0.1, 0.15) is 49.1 Å². The predicted octanol–water partition coefficient (Wildman–Crippen LogP) is 3.21. The number of hydrogen-bond acceptors (Lipinski definition) is 5. The Morgan fingerprint density at radius 3 is 2.39 bits per heavy atom. The van der Waals surface area contributed by atoms with Crippen molar-refractivity contribution < 1.29 is 30.0 Å². The minimum atomic E-state index is -1.82. The van der Waals surface area contributed by atoms with Crippen LogP contribution >= 0.6 is 0 Å². The van der Waals surface area contributed by atoms with Crippen molar-refractivity contribution in [3.05, 3.63) is 65.7 Å². The lowest BCUT2D eigenvalue weighted by molar-refractivity contribution is -0.159. The summed E-state index contributed by atoms with van der Waals surface area (Å²) in [6.07, 6.45) is 5.19. The van der Waals surface area contributed by atoms with Crippen LogP contribution in [0.3, 0.4) is 0 Å². The van der Waals surface area contributed by atoms with E-state index in [1.54, 1.807) is 6.07 Å². The Kier molecular flexibility index (Phi) is 6.72. The van der Waals surface area contributed by atoms with Crippen molar-refractivity contribution in [2.24, 2.45) is 5.92 Å². The first kappa shape index (κ1) is 23.3. The van der Waals surface area contributed by atoms with E-state index in [1.807, 2.05) is 12.1 Å². The van der Waals surface area contributed by atoms with Gasteiger partial charge >= 0.3 is 11.9 Å². The molecule has 2 aromatic rings. The first-order chi connectivity index (χ1) is 15.8. The number of fused-ring (bicyclic) bond motifs is 2. The van der Waals surface area contributed by atoms with E-state index in [2.05, 4.69) is 41.3 Å². The standard InChI is InChI=1S/C24H29NO2.C2H2O4/c26-20-9-4-8-19(15-20)24-11-5-10-22(23(24)27)25(13-12-24)16-18-14-21(18)17-6-2-1-3-7-17;3-1(4)2(5)6/h1-4,6-9,15,18,21-23,26-27H,5,10-14,16H2;(H,3,4)(H,5,6)/t18-,21+,22+,23-,24+;/m0./s1. The van der Waals surface area contributed by atoms with E-state index in [4.69, 9.17) is 19.8 Å². The van der Waals surface area contributed by atoms with E-state index in [0.717, 1.165) is 50.3 Å². The highest BCUT2D eigenvalue weighted by Crippen LogP contribution is 2.51. The molecule has 1 saturated heterocycles. The van der Waals surface area contributed by atoms with Crippen LogP contribution in [0.5, 0.6) is 5.75 Å². The van der Waals surface area contributed by atoms with Crippen molar-refractivity contribution in [2.45, 2.75) is 55.6 Å². The average Bonchev–Trinajstić information content (AvgIpc) is 3.56. The summed E-state index contributed by atoms with van der Waals surface area (Å²) in [7, 11) is 0. The molecule has 5 atom stereocenters. The molecule has 0 spiro atoms. The summed E-state index contributed by atoms with van der Waals surface area (Å²) in [5.41, 5.74) is 2.41. The Morgan fingerprint density at radius 1 is 1.00 bits per heavy atom. The maximum Gasteiger partial charge on any atom is 0.414 e. The molecule has 2 bridgehead atoms. The minimum absolute atomic E-state index is 0.180. The number of carboxylic acids is 2. The fourth-order valence-corrected chi connectivity index (χ4v) is 5.83. The molecule has 3 aliphatic rings. The Bertz CT molecular complexity index is 983. The number of phenols is 1. The summed E-state index contributed by atoms with van der Waals surface area (Å²) >= 11 is 0. The Hall–Kier alpha value is -2.90. The van der Waals surface area contributed by atoms with Gasteiger partial charge in [0.2, 0.25) is 0 Å². The second-order valence-electron chi connectivity index (χ2n) is 9.48. The van der Waals surface area contributed by atoms with Gasteiger partial charge in [0.1, 0.15) is 5.75 Å². The maximum atomic E-state index is 11.3. The first-order valence-corrected chi connectivity index (χ1v) is 11.5. The van der Waals surface area contributed by atoms with Crippen LogP contribution < -0.4 is 0 Å². The molecule has 3 fully saturated rings. The van der Waals surface area contributed by atoms with E-state index < -0.39 is 11.9 Å². The number of benzene rings is 2. The number of aliphatic hydroxyl groups is 1. The summed E-state index contributed by atoms with van der Waals surface area (Å²) in [5.74, 6) is -1.91. The molecule has 5 rings (SSSR count). The van der Waals surface area contributed by atoms with Crippen molar-refractivity contribution in [3.63, 3.8) is 0 Å². The van der Waals surface area contributed by atoms with Crippen LogP contribution in [-0.4, -0.2) is 62.5 Å². The molecule has 4 N–H and O–H groups in total. The molecule has 33 heavy (non-hydrogen) atoms. The smallest absolute Gasteiger partial charge is 0.414 e. The molecular weight excluding hydrogens is 422 g/mol. The number of carboxylic acid groups (broad SMARTS) is 2. The normalized spacial score (nSPS) is 30.6. The molecule has 176 valence electrons. The molecule has 2 saturated carbocycles. The third-order valence-corrected chi connectivity index (χ3v) is 7.59. The zero-order valence-electron chi connectivity index (χ0n) is 18.5. The molecule has 0 radical (unpaired) electrons. The zero-order chi connectivity index (χ0) is 23.6. The summed E-state index contributed by atoms with van der Waals surface area (Å²) in [4.78, 5) is 20.8. The second-order valence-corrected chi connectivity index (χ2v) is 9.48. The van der Waals surface area contributed by atoms with Crippen molar-refractivity contribution in [3.8, 4) is 5.75 Å². The van der Waals surface area contributed by atoms with Gasteiger partial charge in [-0.05, 0) is 67.3 Å². The Morgan fingerprint density at radius 2 is 1.73 bits per heavy atom. The lowest BCUT2D eigenvalue weighted by Crippen LogP contribution is -2.62. The van der Waals surface area contributed by atoms with Crippen LogP contribution in [-0.2, 0) is 15.0 Å². The van der Waals surface area contributed by atoms with Crippen LogP contribution in [0.25, 0.3) is 0 Å². The number of likely N-dealkylation sites (tertiary alicyclic amines) is 1. The van der Waals surface area contributed by atoms with E-state index in [1.165, 1.54) is 12.0 Å². The van der Waals surface area contributed by atoms with E-state index >= 15 is 0 Å². The van der Waals surface area contributed by atoms with Gasteiger partial charge in [-0.1, -0.05) is 48.9 Å². The van der Waals surface area contributed by atoms with E-state index in [9.17, 15) is 10.2 Å². The maximum absolute atomic E-state index is 11.3. The predicted molar refractivity (Wildman–Crippen MR) is 122 cm³/mol. The fraction of sp³-hybridized carbons (Fsp3) is 0.462.